The Labute approximate surface area is 211 Å². The summed E-state index contributed by atoms with van der Waals surface area (Å²) in [5.74, 6) is -1.11. The number of Topliss-reactive ketones (excluding diaryl/α,β-unsaturated/α-hetero) is 1. The lowest BCUT2D eigenvalue weighted by atomic mass is 9.86. The molecule has 1 aliphatic rings. The Balaban J connectivity index is 1.62. The number of hydrogen-bond acceptors (Lipinski definition) is 4. The molecule has 2 aromatic rings. The van der Waals surface area contributed by atoms with Crippen molar-refractivity contribution in [1.82, 2.24) is 15.5 Å². The van der Waals surface area contributed by atoms with E-state index in [1.165, 1.54) is 10.5 Å². The van der Waals surface area contributed by atoms with Crippen LogP contribution in [0.5, 0.6) is 0 Å². The summed E-state index contributed by atoms with van der Waals surface area (Å²) in [5, 5.41) is 16.1. The molecule has 0 radical (unpaired) electrons. The number of benzene rings is 2. The van der Waals surface area contributed by atoms with Crippen LogP contribution in [0.1, 0.15) is 61.6 Å². The molecule has 0 bridgehead atoms. The van der Waals surface area contributed by atoms with Gasteiger partial charge in [-0.15, -0.1) is 0 Å². The highest BCUT2D eigenvalue weighted by Crippen LogP contribution is 2.34. The number of urea groups is 1. The van der Waals surface area contributed by atoms with Gasteiger partial charge in [0.15, 0.2) is 5.78 Å². The Morgan fingerprint density at radius 3 is 2.43 bits per heavy atom. The van der Waals surface area contributed by atoms with Crippen molar-refractivity contribution < 1.29 is 19.5 Å². The molecule has 0 aromatic heterocycles. The molecule has 2 aromatic carbocycles. The Kier molecular flexibility index (Phi) is 8.35. The molecule has 0 fully saturated rings. The van der Waals surface area contributed by atoms with Crippen LogP contribution >= 0.6 is 11.6 Å². The number of ketones is 1. The van der Waals surface area contributed by atoms with Crippen LogP contribution in [-0.2, 0) is 10.2 Å². The second-order valence-corrected chi connectivity index (χ2v) is 10.1. The van der Waals surface area contributed by atoms with E-state index in [1.54, 1.807) is 31.2 Å². The van der Waals surface area contributed by atoms with Crippen LogP contribution in [0.3, 0.4) is 0 Å². The number of aliphatic carboxylic acids is 1. The number of halogens is 1. The van der Waals surface area contributed by atoms with Crippen molar-refractivity contribution in [1.29, 1.82) is 0 Å². The fourth-order valence-electron chi connectivity index (χ4n) is 4.14. The zero-order valence-corrected chi connectivity index (χ0v) is 21.3. The number of carboxylic acid groups (broad SMARTS) is 1. The summed E-state index contributed by atoms with van der Waals surface area (Å²) in [6, 6.07) is 13.4. The number of carbonyl (C=O) groups is 3. The monoisotopic (exact) mass is 497 g/mol. The van der Waals surface area contributed by atoms with Crippen molar-refractivity contribution in [3.8, 4) is 0 Å². The molecule has 0 spiro atoms. The molecule has 1 heterocycles. The molecule has 1 aliphatic heterocycles. The lowest BCUT2D eigenvalue weighted by Gasteiger charge is -2.37. The number of carbonyl (C=O) groups excluding carboxylic acids is 2. The van der Waals surface area contributed by atoms with Crippen molar-refractivity contribution in [3.05, 3.63) is 81.5 Å². The van der Waals surface area contributed by atoms with Gasteiger partial charge in [-0.1, -0.05) is 68.8 Å². The number of carboxylic acids is 1. The molecule has 186 valence electrons. The third kappa shape index (κ3) is 6.50. The van der Waals surface area contributed by atoms with E-state index in [0.29, 0.717) is 41.4 Å². The lowest BCUT2D eigenvalue weighted by molar-refractivity contribution is -0.133. The van der Waals surface area contributed by atoms with Gasteiger partial charge in [-0.3, -0.25) is 4.79 Å². The van der Waals surface area contributed by atoms with Crippen molar-refractivity contribution in [3.63, 3.8) is 0 Å². The van der Waals surface area contributed by atoms with Crippen LogP contribution < -0.4 is 10.6 Å². The number of nitrogens with zero attached hydrogens (tertiary/aromatic N) is 1. The molecular weight excluding hydrogens is 466 g/mol. The SMILES string of the molecule is CC1=C(C(=O)O)C(c2cccc(Cl)c2)N(CCCNCC(=O)c2ccc(C(C)(C)C)cc2)C(=O)N1. The molecule has 3 rings (SSSR count). The summed E-state index contributed by atoms with van der Waals surface area (Å²) in [6.45, 7) is 8.93. The molecule has 0 saturated heterocycles. The zero-order chi connectivity index (χ0) is 25.8. The van der Waals surface area contributed by atoms with E-state index in [2.05, 4.69) is 31.4 Å². The minimum absolute atomic E-state index is 0.00954. The zero-order valence-electron chi connectivity index (χ0n) is 20.5. The summed E-state index contributed by atoms with van der Waals surface area (Å²) in [6.07, 6.45) is 0.534. The average molecular weight is 498 g/mol. The van der Waals surface area contributed by atoms with Crippen molar-refractivity contribution in [2.75, 3.05) is 19.6 Å². The Morgan fingerprint density at radius 1 is 1.14 bits per heavy atom. The van der Waals surface area contributed by atoms with Gasteiger partial charge in [-0.2, -0.15) is 0 Å². The smallest absolute Gasteiger partial charge is 0.335 e. The van der Waals surface area contributed by atoms with Crippen LogP contribution in [-0.4, -0.2) is 47.4 Å². The van der Waals surface area contributed by atoms with Gasteiger partial charge in [0.2, 0.25) is 0 Å². The molecule has 1 unspecified atom stereocenters. The van der Waals surface area contributed by atoms with Crippen molar-refractivity contribution >= 4 is 29.4 Å². The summed E-state index contributed by atoms with van der Waals surface area (Å²) >= 11 is 6.14. The van der Waals surface area contributed by atoms with Crippen molar-refractivity contribution in [2.24, 2.45) is 0 Å². The maximum Gasteiger partial charge on any atom is 0.335 e. The standard InChI is InChI=1S/C27H32ClN3O4/c1-17-23(25(33)34)24(19-7-5-8-21(28)15-19)31(26(35)30-17)14-6-13-29-16-22(32)18-9-11-20(12-10-18)27(2,3)4/h5,7-12,15,24,29H,6,13-14,16H2,1-4H3,(H,30,35)(H,33,34). The first-order valence-corrected chi connectivity index (χ1v) is 12.0. The first kappa shape index (κ1) is 26.4. The number of allylic oxidation sites excluding steroid dienone is 1. The summed E-state index contributed by atoms with van der Waals surface area (Å²) in [7, 11) is 0. The minimum Gasteiger partial charge on any atom is -0.478 e. The van der Waals surface area contributed by atoms with Gasteiger partial charge in [0.05, 0.1) is 18.2 Å². The molecule has 0 aliphatic carbocycles. The second-order valence-electron chi connectivity index (χ2n) is 9.71. The van der Waals surface area contributed by atoms with Gasteiger partial charge in [-0.05, 0) is 48.6 Å². The second kappa shape index (κ2) is 11.1. The van der Waals surface area contributed by atoms with Gasteiger partial charge in [0.1, 0.15) is 0 Å². The minimum atomic E-state index is -1.10. The maximum absolute atomic E-state index is 12.8. The van der Waals surface area contributed by atoms with Gasteiger partial charge in [0, 0.05) is 22.8 Å². The number of hydrogen-bond donors (Lipinski definition) is 3. The predicted octanol–water partition coefficient (Wildman–Crippen LogP) is 4.93. The molecular formula is C27H32ClN3O4. The normalized spacial score (nSPS) is 16.3. The molecule has 0 saturated carbocycles. The number of amides is 2. The van der Waals surface area contributed by atoms with Gasteiger partial charge in [-0.25, -0.2) is 9.59 Å². The van der Waals surface area contributed by atoms with Crippen LogP contribution in [0.2, 0.25) is 5.02 Å². The van der Waals surface area contributed by atoms with E-state index in [0.717, 1.165) is 0 Å². The van der Waals surface area contributed by atoms with Crippen LogP contribution in [0, 0.1) is 0 Å². The molecule has 35 heavy (non-hydrogen) atoms. The van der Waals surface area contributed by atoms with E-state index >= 15 is 0 Å². The fraction of sp³-hybridized carbons (Fsp3) is 0.370. The van der Waals surface area contributed by atoms with Crippen LogP contribution in [0.4, 0.5) is 4.79 Å². The highest BCUT2D eigenvalue weighted by molar-refractivity contribution is 6.30. The highest BCUT2D eigenvalue weighted by atomic mass is 35.5. The van der Waals surface area contributed by atoms with E-state index < -0.39 is 12.0 Å². The highest BCUT2D eigenvalue weighted by Gasteiger charge is 2.37. The Morgan fingerprint density at radius 2 is 1.83 bits per heavy atom. The van der Waals surface area contributed by atoms with Crippen LogP contribution in [0.15, 0.2) is 59.8 Å². The van der Waals surface area contributed by atoms with E-state index in [1.807, 2.05) is 24.3 Å². The lowest BCUT2D eigenvalue weighted by Crippen LogP contribution is -2.49. The van der Waals surface area contributed by atoms with Gasteiger partial charge in [0.25, 0.3) is 0 Å². The van der Waals surface area contributed by atoms with Gasteiger partial charge >= 0.3 is 12.0 Å². The van der Waals surface area contributed by atoms with E-state index in [9.17, 15) is 19.5 Å². The topological polar surface area (TPSA) is 98.7 Å². The Bertz CT molecular complexity index is 1140. The quantitative estimate of drug-likeness (QED) is 0.337. The fourth-order valence-corrected chi connectivity index (χ4v) is 4.34. The summed E-state index contributed by atoms with van der Waals surface area (Å²) in [5.41, 5.74) is 2.89. The maximum atomic E-state index is 12.8. The van der Waals surface area contributed by atoms with Crippen LogP contribution in [0.25, 0.3) is 0 Å². The average Bonchev–Trinajstić information content (AvgIpc) is 2.78. The summed E-state index contributed by atoms with van der Waals surface area (Å²) < 4.78 is 0. The molecule has 3 N–H and O–H groups in total. The molecule has 2 amide bonds. The number of rotatable bonds is 9. The third-order valence-corrected chi connectivity index (χ3v) is 6.29. The van der Waals surface area contributed by atoms with Gasteiger partial charge < -0.3 is 20.6 Å². The largest absolute Gasteiger partial charge is 0.478 e. The van der Waals surface area contributed by atoms with E-state index in [4.69, 9.17) is 11.6 Å². The first-order chi connectivity index (χ1) is 16.5. The predicted molar refractivity (Wildman–Crippen MR) is 137 cm³/mol. The summed E-state index contributed by atoms with van der Waals surface area (Å²) in [4.78, 5) is 38.8. The molecule has 7 nitrogen and oxygen atoms in total. The third-order valence-electron chi connectivity index (χ3n) is 6.05. The Hall–Kier alpha value is -3.16. The molecule has 1 atom stereocenters. The first-order valence-electron chi connectivity index (χ1n) is 11.6. The molecule has 8 heteroatoms. The van der Waals surface area contributed by atoms with E-state index in [-0.39, 0.29) is 29.3 Å². The van der Waals surface area contributed by atoms with Crippen molar-refractivity contribution in [2.45, 2.75) is 45.6 Å². The number of nitrogens with one attached hydrogen (secondary N) is 2.